The van der Waals surface area contributed by atoms with Gasteiger partial charge in [-0.1, -0.05) is 0 Å². The molecule has 240 valence electrons. The van der Waals surface area contributed by atoms with Gasteiger partial charge in [-0.15, -0.1) is 0 Å². The Morgan fingerprint density at radius 2 is 1.83 bits per heavy atom. The number of nitrogens with one attached hydrogen (secondary N) is 3. The summed E-state index contributed by atoms with van der Waals surface area (Å²) in [6.45, 7) is 2.30. The highest BCUT2D eigenvalue weighted by atomic mass is 16.7. The largest absolute Gasteiger partial charge is 0.395 e. The Bertz CT molecular complexity index is 815. The van der Waals surface area contributed by atoms with E-state index >= 15 is 0 Å². The minimum absolute atomic E-state index is 0.0103. The maximum absolute atomic E-state index is 12.7. The average Bonchev–Trinajstić information content (AvgIpc) is 2.91. The van der Waals surface area contributed by atoms with Crippen LogP contribution in [0.25, 0.3) is 0 Å². The van der Waals surface area contributed by atoms with Crippen molar-refractivity contribution < 1.29 is 49.3 Å². The van der Waals surface area contributed by atoms with Gasteiger partial charge in [-0.3, -0.25) is 4.79 Å². The van der Waals surface area contributed by atoms with Crippen LogP contribution in [0.1, 0.15) is 32.6 Å². The van der Waals surface area contributed by atoms with Crippen LogP contribution in [0.2, 0.25) is 0 Å². The van der Waals surface area contributed by atoms with E-state index in [4.69, 9.17) is 41.3 Å². The van der Waals surface area contributed by atoms with Crippen molar-refractivity contribution in [2.45, 2.75) is 112 Å². The van der Waals surface area contributed by atoms with Crippen LogP contribution in [0.3, 0.4) is 0 Å². The van der Waals surface area contributed by atoms with Crippen LogP contribution < -0.4 is 33.2 Å². The number of aliphatic hydroxyl groups excluding tert-OH is 4. The minimum Gasteiger partial charge on any atom is -0.395 e. The van der Waals surface area contributed by atoms with Crippen LogP contribution in [-0.4, -0.2) is 150 Å². The molecular formula is C25H50N6O10. The van der Waals surface area contributed by atoms with E-state index in [1.807, 2.05) is 0 Å². The Balaban J connectivity index is 1.78. The quantitative estimate of drug-likeness (QED) is 0.0888. The van der Waals surface area contributed by atoms with Gasteiger partial charge < -0.3 is 77.6 Å². The number of ether oxygens (including phenoxy) is 4. The third-order valence-electron chi connectivity index (χ3n) is 7.97. The van der Waals surface area contributed by atoms with E-state index in [1.54, 1.807) is 7.05 Å². The summed E-state index contributed by atoms with van der Waals surface area (Å²) in [5.41, 5.74) is 16.8. The van der Waals surface area contributed by atoms with Gasteiger partial charge >= 0.3 is 0 Å². The van der Waals surface area contributed by atoms with Gasteiger partial charge in [-0.2, -0.15) is 0 Å². The molecule has 1 amide bonds. The van der Waals surface area contributed by atoms with E-state index in [-0.39, 0.29) is 38.7 Å². The van der Waals surface area contributed by atoms with E-state index in [0.717, 1.165) is 0 Å². The van der Waals surface area contributed by atoms with Gasteiger partial charge in [0.1, 0.15) is 36.1 Å². The Hall–Kier alpha value is -1.09. The summed E-state index contributed by atoms with van der Waals surface area (Å²) in [6, 6.07) is -3.01. The molecule has 2 aliphatic heterocycles. The van der Waals surface area contributed by atoms with Crippen molar-refractivity contribution in [2.75, 3.05) is 39.9 Å². The zero-order valence-electron chi connectivity index (χ0n) is 23.8. The smallest absolute Gasteiger partial charge is 0.249 e. The molecule has 2 heterocycles. The van der Waals surface area contributed by atoms with Crippen LogP contribution in [0.4, 0.5) is 0 Å². The predicted octanol–water partition coefficient (Wildman–Crippen LogP) is -5.49. The average molecular weight is 595 g/mol. The van der Waals surface area contributed by atoms with Crippen molar-refractivity contribution in [2.24, 2.45) is 17.2 Å². The van der Waals surface area contributed by atoms with Gasteiger partial charge in [-0.05, 0) is 46.2 Å². The number of hydrogen-bond acceptors (Lipinski definition) is 15. The van der Waals surface area contributed by atoms with Crippen LogP contribution in [-0.2, 0) is 23.7 Å². The molecule has 1 unspecified atom stereocenters. The third kappa shape index (κ3) is 8.73. The fourth-order valence-corrected chi connectivity index (χ4v) is 5.68. The molecule has 3 aliphatic rings. The van der Waals surface area contributed by atoms with Gasteiger partial charge in [0.2, 0.25) is 5.91 Å². The van der Waals surface area contributed by atoms with Crippen LogP contribution in [0.5, 0.6) is 0 Å². The first-order chi connectivity index (χ1) is 19.4. The second-order valence-corrected chi connectivity index (χ2v) is 11.4. The topological polar surface area (TPSA) is 269 Å². The summed E-state index contributed by atoms with van der Waals surface area (Å²) >= 11 is 0. The molecule has 1 saturated carbocycles. The molecule has 41 heavy (non-hydrogen) atoms. The summed E-state index contributed by atoms with van der Waals surface area (Å²) < 4.78 is 23.9. The molecule has 2 saturated heterocycles. The van der Waals surface area contributed by atoms with Crippen molar-refractivity contribution in [1.82, 2.24) is 16.0 Å². The fourth-order valence-electron chi connectivity index (χ4n) is 5.68. The van der Waals surface area contributed by atoms with Crippen molar-refractivity contribution in [3.05, 3.63) is 0 Å². The Morgan fingerprint density at radius 1 is 1.12 bits per heavy atom. The molecule has 0 aromatic heterocycles. The lowest BCUT2D eigenvalue weighted by atomic mass is 9.83. The Kier molecular flexibility index (Phi) is 13.1. The van der Waals surface area contributed by atoms with Gasteiger partial charge in [0, 0.05) is 19.1 Å². The highest BCUT2D eigenvalue weighted by Crippen LogP contribution is 2.32. The lowest BCUT2D eigenvalue weighted by molar-refractivity contribution is -0.307. The summed E-state index contributed by atoms with van der Waals surface area (Å²) in [5.74, 6) is -0.718. The number of aliphatic hydroxyl groups is 5. The zero-order valence-corrected chi connectivity index (χ0v) is 23.8. The molecular weight excluding hydrogens is 544 g/mol. The molecule has 14 N–H and O–H groups in total. The predicted molar refractivity (Wildman–Crippen MR) is 145 cm³/mol. The highest BCUT2D eigenvalue weighted by molar-refractivity contribution is 5.80. The molecule has 0 spiro atoms. The minimum atomic E-state index is -1.44. The summed E-state index contributed by atoms with van der Waals surface area (Å²) in [4.78, 5) is 12.7. The lowest BCUT2D eigenvalue weighted by Crippen LogP contribution is -2.69. The van der Waals surface area contributed by atoms with Crippen molar-refractivity contribution in [1.29, 1.82) is 0 Å². The SMILES string of the molecule is CN[C@@H]1[C@@H](O)[C@@H](O[C@@H]2[C@@H](O)[C@H](O[C@H]3O[C@H](CNCCO)CC[C@H]3N)[C@@H](N)C[C@H]2NC(=O)C(O)CCN)OC[C@]1(C)O. The molecule has 16 heteroatoms. The first kappa shape index (κ1) is 34.4. The normalized spacial score (nSPS) is 42.5. The summed E-state index contributed by atoms with van der Waals surface area (Å²) in [7, 11) is 1.57. The second-order valence-electron chi connectivity index (χ2n) is 11.4. The molecule has 16 nitrogen and oxygen atoms in total. The first-order valence-corrected chi connectivity index (χ1v) is 14.3. The lowest BCUT2D eigenvalue weighted by Gasteiger charge is -2.49. The molecule has 13 atom stereocenters. The monoisotopic (exact) mass is 594 g/mol. The number of amides is 1. The van der Waals surface area contributed by atoms with E-state index in [1.165, 1.54) is 6.92 Å². The van der Waals surface area contributed by atoms with E-state index in [2.05, 4.69) is 16.0 Å². The molecule has 3 fully saturated rings. The van der Waals surface area contributed by atoms with E-state index in [0.29, 0.717) is 25.9 Å². The summed E-state index contributed by atoms with van der Waals surface area (Å²) in [6.07, 6.45) is -7.43. The fraction of sp³-hybridized carbons (Fsp3) is 0.960. The number of carbonyl (C=O) groups is 1. The van der Waals surface area contributed by atoms with Gasteiger partial charge in [0.05, 0.1) is 37.4 Å². The zero-order chi connectivity index (χ0) is 30.3. The number of likely N-dealkylation sites (N-methyl/N-ethyl adjacent to an activating group) is 1. The highest BCUT2D eigenvalue weighted by Gasteiger charge is 2.52. The molecule has 0 aromatic carbocycles. The first-order valence-electron chi connectivity index (χ1n) is 14.3. The summed E-state index contributed by atoms with van der Waals surface area (Å²) in [5, 5.41) is 60.9. The van der Waals surface area contributed by atoms with Crippen LogP contribution in [0, 0.1) is 0 Å². The molecule has 0 radical (unpaired) electrons. The van der Waals surface area contributed by atoms with Crippen molar-refractivity contribution in [3.63, 3.8) is 0 Å². The Morgan fingerprint density at radius 3 is 2.49 bits per heavy atom. The molecule has 3 rings (SSSR count). The van der Waals surface area contributed by atoms with Gasteiger partial charge in [0.15, 0.2) is 12.6 Å². The van der Waals surface area contributed by atoms with Gasteiger partial charge in [-0.25, -0.2) is 0 Å². The van der Waals surface area contributed by atoms with Crippen LogP contribution >= 0.6 is 0 Å². The van der Waals surface area contributed by atoms with Crippen LogP contribution in [0.15, 0.2) is 0 Å². The Labute approximate surface area is 240 Å². The maximum Gasteiger partial charge on any atom is 0.249 e. The number of hydrogen-bond donors (Lipinski definition) is 11. The van der Waals surface area contributed by atoms with E-state index < -0.39 is 78.8 Å². The van der Waals surface area contributed by atoms with Crippen molar-refractivity contribution >= 4 is 5.91 Å². The number of nitrogens with two attached hydrogens (primary N) is 3. The number of rotatable bonds is 13. The molecule has 0 bridgehead atoms. The second kappa shape index (κ2) is 15.6. The molecule has 0 aromatic rings. The van der Waals surface area contributed by atoms with E-state index in [9.17, 15) is 25.2 Å². The third-order valence-corrected chi connectivity index (χ3v) is 7.97. The maximum atomic E-state index is 12.7. The van der Waals surface area contributed by atoms with Crippen molar-refractivity contribution in [3.8, 4) is 0 Å². The molecule has 1 aliphatic carbocycles. The van der Waals surface area contributed by atoms with Gasteiger partial charge in [0.25, 0.3) is 0 Å². The number of carbonyl (C=O) groups excluding carboxylic acids is 1. The standard InChI is InChI=1S/C25H50N6O10/c1-25(37)11-38-24(18(35)21(25)29-2)41-20-15(31-22(36)16(33)5-6-26)9-14(28)19(17(20)34)40-23-13(27)4-3-12(39-23)10-30-7-8-32/h12-21,23-24,29-30,32-35,37H,3-11,26-28H2,1-2H3,(H,31,36)/t12-,13+,14-,15+,16?,17-,18+,19+,20-,21+,23+,24+,25-/m0/s1.